The molecular weight excluding hydrogens is 256 g/mol. The van der Waals surface area contributed by atoms with Gasteiger partial charge in [0, 0.05) is 23.1 Å². The van der Waals surface area contributed by atoms with Crippen molar-refractivity contribution in [2.75, 3.05) is 6.54 Å². The molecule has 0 bridgehead atoms. The lowest BCUT2D eigenvalue weighted by Crippen LogP contribution is -2.39. The van der Waals surface area contributed by atoms with E-state index in [9.17, 15) is 0 Å². The summed E-state index contributed by atoms with van der Waals surface area (Å²) in [5, 5.41) is 8.08. The normalized spacial score (nSPS) is 22.4. The number of nitrogens with one attached hydrogen (secondary N) is 2. The van der Waals surface area contributed by atoms with Crippen molar-refractivity contribution in [3.63, 3.8) is 0 Å². The molecule has 3 heteroatoms. The third-order valence-corrected chi connectivity index (χ3v) is 4.04. The van der Waals surface area contributed by atoms with Crippen LogP contribution in [-0.2, 0) is 6.42 Å². The second-order valence-corrected chi connectivity index (χ2v) is 6.27. The van der Waals surface area contributed by atoms with Crippen LogP contribution in [0.5, 0.6) is 0 Å². The van der Waals surface area contributed by atoms with Crippen LogP contribution in [0.1, 0.15) is 38.7 Å². The highest BCUT2D eigenvalue weighted by Gasteiger charge is 2.17. The first-order chi connectivity index (χ1) is 9.13. The highest BCUT2D eigenvalue weighted by Crippen LogP contribution is 2.14. The summed E-state index contributed by atoms with van der Waals surface area (Å²) in [6.45, 7) is 5.73. The standard InChI is InChI=1S/C16H25ClN2/c1-12(9-14-5-3-6-15(17)11-14)19-13(2)10-16-7-4-8-18-16/h3,5-6,11-13,16,18-19H,4,7-10H2,1-2H3. The number of halogens is 1. The highest BCUT2D eigenvalue weighted by molar-refractivity contribution is 6.30. The monoisotopic (exact) mass is 280 g/mol. The van der Waals surface area contributed by atoms with E-state index in [0.717, 1.165) is 11.4 Å². The van der Waals surface area contributed by atoms with E-state index in [2.05, 4.69) is 36.6 Å². The zero-order chi connectivity index (χ0) is 13.7. The summed E-state index contributed by atoms with van der Waals surface area (Å²) in [6.07, 6.45) is 4.91. The minimum Gasteiger partial charge on any atom is -0.314 e. The summed E-state index contributed by atoms with van der Waals surface area (Å²) >= 11 is 6.02. The molecule has 1 heterocycles. The van der Waals surface area contributed by atoms with Crippen LogP contribution in [0.25, 0.3) is 0 Å². The van der Waals surface area contributed by atoms with Crippen LogP contribution < -0.4 is 10.6 Å². The molecule has 3 atom stereocenters. The third-order valence-electron chi connectivity index (χ3n) is 3.80. The molecule has 1 aromatic rings. The molecule has 2 nitrogen and oxygen atoms in total. The minimum absolute atomic E-state index is 0.481. The minimum atomic E-state index is 0.481. The molecule has 1 aliphatic heterocycles. The summed E-state index contributed by atoms with van der Waals surface area (Å²) in [6, 6.07) is 9.91. The summed E-state index contributed by atoms with van der Waals surface area (Å²) in [5.74, 6) is 0. The van der Waals surface area contributed by atoms with E-state index in [1.54, 1.807) is 0 Å². The second kappa shape index (κ2) is 7.28. The van der Waals surface area contributed by atoms with E-state index in [0.29, 0.717) is 18.1 Å². The van der Waals surface area contributed by atoms with Crippen molar-refractivity contribution in [2.45, 2.75) is 57.7 Å². The Hall–Kier alpha value is -0.570. The fourth-order valence-corrected chi connectivity index (χ4v) is 3.23. The Morgan fingerprint density at radius 1 is 1.37 bits per heavy atom. The molecule has 19 heavy (non-hydrogen) atoms. The molecule has 0 amide bonds. The zero-order valence-corrected chi connectivity index (χ0v) is 12.7. The number of benzene rings is 1. The zero-order valence-electron chi connectivity index (χ0n) is 12.0. The Bertz CT molecular complexity index is 388. The molecule has 0 spiro atoms. The number of rotatable bonds is 6. The molecule has 1 fully saturated rings. The number of hydrogen-bond donors (Lipinski definition) is 2. The first-order valence-corrected chi connectivity index (χ1v) is 7.75. The van der Waals surface area contributed by atoms with Crippen molar-refractivity contribution in [1.29, 1.82) is 0 Å². The van der Waals surface area contributed by atoms with Gasteiger partial charge in [-0.15, -0.1) is 0 Å². The molecule has 2 N–H and O–H groups in total. The third kappa shape index (κ3) is 5.13. The van der Waals surface area contributed by atoms with Crippen molar-refractivity contribution >= 4 is 11.6 Å². The predicted octanol–water partition coefficient (Wildman–Crippen LogP) is 3.39. The van der Waals surface area contributed by atoms with Gasteiger partial charge >= 0.3 is 0 Å². The van der Waals surface area contributed by atoms with Crippen LogP contribution >= 0.6 is 11.6 Å². The van der Waals surface area contributed by atoms with Crippen molar-refractivity contribution in [3.8, 4) is 0 Å². The lowest BCUT2D eigenvalue weighted by Gasteiger charge is -2.23. The van der Waals surface area contributed by atoms with Gasteiger partial charge in [0.05, 0.1) is 0 Å². The van der Waals surface area contributed by atoms with Gasteiger partial charge in [-0.1, -0.05) is 23.7 Å². The Morgan fingerprint density at radius 3 is 2.89 bits per heavy atom. The molecule has 0 radical (unpaired) electrons. The summed E-state index contributed by atoms with van der Waals surface area (Å²) in [7, 11) is 0. The van der Waals surface area contributed by atoms with E-state index in [-0.39, 0.29) is 0 Å². The summed E-state index contributed by atoms with van der Waals surface area (Å²) in [5.41, 5.74) is 1.30. The van der Waals surface area contributed by atoms with Crippen LogP contribution in [0, 0.1) is 0 Å². The summed E-state index contributed by atoms with van der Waals surface area (Å²) in [4.78, 5) is 0. The van der Waals surface area contributed by atoms with E-state index in [1.807, 2.05) is 12.1 Å². The van der Waals surface area contributed by atoms with Crippen LogP contribution in [0.15, 0.2) is 24.3 Å². The maximum atomic E-state index is 6.02. The molecule has 0 aliphatic carbocycles. The maximum Gasteiger partial charge on any atom is 0.0408 e. The molecule has 1 aliphatic rings. The highest BCUT2D eigenvalue weighted by atomic mass is 35.5. The Balaban J connectivity index is 1.75. The predicted molar refractivity (Wildman–Crippen MR) is 82.9 cm³/mol. The van der Waals surface area contributed by atoms with E-state index in [1.165, 1.54) is 31.4 Å². The molecule has 106 valence electrons. The van der Waals surface area contributed by atoms with E-state index >= 15 is 0 Å². The molecule has 0 aromatic heterocycles. The quantitative estimate of drug-likeness (QED) is 0.835. The first kappa shape index (κ1) is 14.8. The fourth-order valence-electron chi connectivity index (χ4n) is 3.01. The van der Waals surface area contributed by atoms with Crippen molar-refractivity contribution < 1.29 is 0 Å². The molecule has 1 saturated heterocycles. The van der Waals surface area contributed by atoms with Gasteiger partial charge in [0.2, 0.25) is 0 Å². The van der Waals surface area contributed by atoms with Gasteiger partial charge < -0.3 is 10.6 Å². The summed E-state index contributed by atoms with van der Waals surface area (Å²) < 4.78 is 0. The lowest BCUT2D eigenvalue weighted by molar-refractivity contribution is 0.401. The average Bonchev–Trinajstić information content (AvgIpc) is 2.81. The molecule has 0 saturated carbocycles. The van der Waals surface area contributed by atoms with Gasteiger partial charge in [-0.05, 0) is 63.8 Å². The average molecular weight is 281 g/mol. The lowest BCUT2D eigenvalue weighted by atomic mass is 10.0. The Labute approximate surface area is 121 Å². The fraction of sp³-hybridized carbons (Fsp3) is 0.625. The van der Waals surface area contributed by atoms with Gasteiger partial charge in [0.25, 0.3) is 0 Å². The number of hydrogen-bond acceptors (Lipinski definition) is 2. The Kier molecular flexibility index (Phi) is 5.68. The first-order valence-electron chi connectivity index (χ1n) is 7.37. The maximum absolute atomic E-state index is 6.02. The van der Waals surface area contributed by atoms with Crippen LogP contribution in [0.3, 0.4) is 0 Å². The van der Waals surface area contributed by atoms with Gasteiger partial charge in [-0.2, -0.15) is 0 Å². The molecule has 2 rings (SSSR count). The molecule has 3 unspecified atom stereocenters. The van der Waals surface area contributed by atoms with Crippen molar-refractivity contribution in [2.24, 2.45) is 0 Å². The topological polar surface area (TPSA) is 24.1 Å². The van der Waals surface area contributed by atoms with Gasteiger partial charge in [0.1, 0.15) is 0 Å². The SMILES string of the molecule is CC(Cc1cccc(Cl)c1)NC(C)CC1CCCN1. The van der Waals surface area contributed by atoms with E-state index < -0.39 is 0 Å². The van der Waals surface area contributed by atoms with Gasteiger partial charge in [-0.3, -0.25) is 0 Å². The van der Waals surface area contributed by atoms with Crippen LogP contribution in [-0.4, -0.2) is 24.7 Å². The van der Waals surface area contributed by atoms with Gasteiger partial charge in [0.15, 0.2) is 0 Å². The van der Waals surface area contributed by atoms with E-state index in [4.69, 9.17) is 11.6 Å². The van der Waals surface area contributed by atoms with Crippen LogP contribution in [0.2, 0.25) is 5.02 Å². The smallest absolute Gasteiger partial charge is 0.0408 e. The van der Waals surface area contributed by atoms with Gasteiger partial charge in [-0.25, -0.2) is 0 Å². The second-order valence-electron chi connectivity index (χ2n) is 5.83. The molecular formula is C16H25ClN2. The molecule has 1 aromatic carbocycles. The van der Waals surface area contributed by atoms with Crippen LogP contribution in [0.4, 0.5) is 0 Å². The Morgan fingerprint density at radius 2 is 2.21 bits per heavy atom. The largest absolute Gasteiger partial charge is 0.314 e. The van der Waals surface area contributed by atoms with Crippen molar-refractivity contribution in [3.05, 3.63) is 34.9 Å². The van der Waals surface area contributed by atoms with Crippen molar-refractivity contribution in [1.82, 2.24) is 10.6 Å².